The second kappa shape index (κ2) is 10.5. The Morgan fingerprint density at radius 2 is 1.90 bits per heavy atom. The third-order valence-electron chi connectivity index (χ3n) is 4.11. The van der Waals surface area contributed by atoms with Crippen molar-refractivity contribution in [1.82, 2.24) is 10.3 Å². The van der Waals surface area contributed by atoms with Crippen LogP contribution in [0.2, 0.25) is 0 Å². The van der Waals surface area contributed by atoms with Gasteiger partial charge in [-0.2, -0.15) is 0 Å². The van der Waals surface area contributed by atoms with Gasteiger partial charge in [0.1, 0.15) is 15.8 Å². The average Bonchev–Trinajstić information content (AvgIpc) is 2.88. The molecule has 1 atom stereocenters. The zero-order chi connectivity index (χ0) is 21.4. The van der Waals surface area contributed by atoms with E-state index in [0.29, 0.717) is 10.6 Å². The van der Waals surface area contributed by atoms with E-state index in [1.807, 2.05) is 0 Å². The van der Waals surface area contributed by atoms with E-state index >= 15 is 0 Å². The third-order valence-corrected chi connectivity index (χ3v) is 5.13. The fourth-order valence-corrected chi connectivity index (χ4v) is 3.61. The topological polar surface area (TPSA) is 160 Å². The summed E-state index contributed by atoms with van der Waals surface area (Å²) in [6.45, 7) is 1.80. The lowest BCUT2D eigenvalue weighted by molar-refractivity contribution is -0.121. The Hall–Kier alpha value is -3.05. The van der Waals surface area contributed by atoms with Crippen molar-refractivity contribution in [3.63, 3.8) is 0 Å². The van der Waals surface area contributed by atoms with E-state index in [1.54, 1.807) is 0 Å². The quantitative estimate of drug-likeness (QED) is 0.505. The molecule has 2 aromatic rings. The Balaban J connectivity index is 0.000000253. The molecule has 1 saturated heterocycles. The van der Waals surface area contributed by atoms with E-state index in [0.717, 1.165) is 37.3 Å². The van der Waals surface area contributed by atoms with E-state index in [1.165, 1.54) is 30.7 Å². The number of hydrogen-bond acceptors (Lipinski definition) is 6. The van der Waals surface area contributed by atoms with Crippen molar-refractivity contribution in [1.29, 1.82) is 0 Å². The maximum Gasteiger partial charge on any atom is 0.357 e. The van der Waals surface area contributed by atoms with Crippen LogP contribution in [0.25, 0.3) is 10.6 Å². The summed E-state index contributed by atoms with van der Waals surface area (Å²) in [4.78, 5) is 36.4. The molecule has 0 saturated carbocycles. The Labute approximate surface area is 170 Å². The van der Waals surface area contributed by atoms with Gasteiger partial charge in [-0.25, -0.2) is 19.0 Å². The van der Waals surface area contributed by atoms with E-state index in [2.05, 4.69) is 15.6 Å². The van der Waals surface area contributed by atoms with Crippen LogP contribution < -0.4 is 22.1 Å². The van der Waals surface area contributed by atoms with Gasteiger partial charge in [0.2, 0.25) is 5.91 Å². The zero-order valence-corrected chi connectivity index (χ0v) is 16.3. The molecule has 2 heterocycles. The number of nitrogens with zero attached hydrogens (tertiary/aromatic N) is 1. The number of carbonyl (C=O) groups is 3. The maximum absolute atomic E-state index is 12.8. The van der Waals surface area contributed by atoms with Crippen molar-refractivity contribution in [2.75, 3.05) is 18.4 Å². The van der Waals surface area contributed by atoms with Gasteiger partial charge in [0.25, 0.3) is 0 Å². The van der Waals surface area contributed by atoms with Gasteiger partial charge in [0, 0.05) is 12.1 Å². The first-order valence-electron chi connectivity index (χ1n) is 8.84. The summed E-state index contributed by atoms with van der Waals surface area (Å²) in [6, 6.07) is 4.52. The number of halogens is 1. The number of benzene rings is 1. The fraction of sp³-hybridized carbons (Fsp3) is 0.333. The molecule has 0 bridgehead atoms. The van der Waals surface area contributed by atoms with Gasteiger partial charge in [-0.1, -0.05) is 17.8 Å². The molecule has 1 fully saturated rings. The van der Waals surface area contributed by atoms with Crippen LogP contribution >= 0.6 is 11.3 Å². The number of carboxylic acids is 1. The van der Waals surface area contributed by atoms with E-state index < -0.39 is 17.8 Å². The predicted molar refractivity (Wildman–Crippen MR) is 107 cm³/mol. The van der Waals surface area contributed by atoms with Gasteiger partial charge in [0.05, 0.1) is 5.92 Å². The van der Waals surface area contributed by atoms with E-state index in [4.69, 9.17) is 16.6 Å². The van der Waals surface area contributed by atoms with Crippen LogP contribution in [0.3, 0.4) is 0 Å². The monoisotopic (exact) mass is 423 g/mol. The first kappa shape index (κ1) is 22.2. The molecule has 29 heavy (non-hydrogen) atoms. The zero-order valence-electron chi connectivity index (χ0n) is 15.5. The van der Waals surface area contributed by atoms with E-state index in [9.17, 15) is 18.8 Å². The molecule has 156 valence electrons. The summed E-state index contributed by atoms with van der Waals surface area (Å²) in [7, 11) is 0. The number of anilines is 1. The third kappa shape index (κ3) is 6.80. The highest BCUT2D eigenvalue weighted by Gasteiger charge is 2.19. The largest absolute Gasteiger partial charge is 0.476 e. The number of primary amides is 2. The molecule has 1 aromatic heterocycles. The van der Waals surface area contributed by atoms with Crippen LogP contribution in [0.15, 0.2) is 24.3 Å². The molecule has 0 radical (unpaired) electrons. The number of amides is 3. The van der Waals surface area contributed by atoms with Gasteiger partial charge in [-0.3, -0.25) is 10.1 Å². The number of hydrogen-bond donors (Lipinski definition) is 5. The number of rotatable bonds is 4. The van der Waals surface area contributed by atoms with Crippen molar-refractivity contribution in [2.45, 2.75) is 19.3 Å². The number of carboxylic acid groups (broad SMARTS) is 1. The van der Waals surface area contributed by atoms with Gasteiger partial charge < -0.3 is 21.9 Å². The number of carbonyl (C=O) groups excluding carboxylic acids is 2. The smallest absolute Gasteiger partial charge is 0.357 e. The average molecular weight is 423 g/mol. The Bertz CT molecular complexity index is 864. The standard InChI is InChI=1S/C11H8FN3O3S.C7H14N2O/c12-6-3-1-5(2-4-6)8-14-7(10(16)17)9(19-8)15-11(13)18;8-7(10)6-3-1-2-4-9-5-6/h1-4H,(H,16,17)(H3,13,15,18);6,9H,1-5H2,(H2,8,10)/t;6-/m.0/s1. The maximum atomic E-state index is 12.8. The number of aromatic carboxylic acids is 1. The van der Waals surface area contributed by atoms with Crippen LogP contribution in [0.4, 0.5) is 14.2 Å². The summed E-state index contributed by atoms with van der Waals surface area (Å²) in [6.07, 6.45) is 3.26. The molecule has 1 aliphatic rings. The molecule has 7 N–H and O–H groups in total. The van der Waals surface area contributed by atoms with Crippen LogP contribution in [0, 0.1) is 11.7 Å². The molecule has 9 nitrogen and oxygen atoms in total. The Kier molecular flexibility index (Phi) is 8.04. The lowest BCUT2D eigenvalue weighted by Crippen LogP contribution is -2.31. The first-order chi connectivity index (χ1) is 13.8. The molecule has 1 aliphatic heterocycles. The minimum absolute atomic E-state index is 0.0410. The lowest BCUT2D eigenvalue weighted by Gasteiger charge is -2.07. The summed E-state index contributed by atoms with van der Waals surface area (Å²) in [5.41, 5.74) is 10.4. The summed E-state index contributed by atoms with van der Waals surface area (Å²) >= 11 is 0.949. The molecule has 11 heteroatoms. The molecule has 0 spiro atoms. The minimum atomic E-state index is -1.28. The second-order valence-electron chi connectivity index (χ2n) is 6.30. The Morgan fingerprint density at radius 3 is 2.48 bits per heavy atom. The van der Waals surface area contributed by atoms with Crippen molar-refractivity contribution < 1.29 is 23.9 Å². The fourth-order valence-electron chi connectivity index (χ4n) is 2.64. The lowest BCUT2D eigenvalue weighted by atomic mass is 10.0. The normalized spacial score (nSPS) is 16.1. The molecule has 3 amide bonds. The minimum Gasteiger partial charge on any atom is -0.476 e. The van der Waals surface area contributed by atoms with Crippen molar-refractivity contribution in [3.8, 4) is 10.6 Å². The van der Waals surface area contributed by atoms with Crippen molar-refractivity contribution in [3.05, 3.63) is 35.8 Å². The highest BCUT2D eigenvalue weighted by atomic mass is 32.1. The SMILES string of the molecule is NC(=O)Nc1sc(-c2ccc(F)cc2)nc1C(=O)O.NC(=O)[C@H]1CCCCNC1. The Morgan fingerprint density at radius 1 is 1.21 bits per heavy atom. The van der Waals surface area contributed by atoms with E-state index in [-0.39, 0.29) is 22.5 Å². The predicted octanol–water partition coefficient (Wildman–Crippen LogP) is 2.00. The molecule has 0 unspecified atom stereocenters. The first-order valence-corrected chi connectivity index (χ1v) is 9.66. The molecule has 3 rings (SSSR count). The molecule has 0 aliphatic carbocycles. The molecule has 1 aromatic carbocycles. The van der Waals surface area contributed by atoms with Crippen molar-refractivity contribution in [2.24, 2.45) is 17.4 Å². The second-order valence-corrected chi connectivity index (χ2v) is 7.30. The number of nitrogens with one attached hydrogen (secondary N) is 2. The summed E-state index contributed by atoms with van der Waals surface area (Å²) in [5.74, 6) is -1.78. The number of aromatic nitrogens is 1. The number of urea groups is 1. The van der Waals surface area contributed by atoms with Gasteiger partial charge >= 0.3 is 12.0 Å². The summed E-state index contributed by atoms with van der Waals surface area (Å²) < 4.78 is 12.8. The van der Waals surface area contributed by atoms with Gasteiger partial charge in [0.15, 0.2) is 5.69 Å². The molecular weight excluding hydrogens is 401 g/mol. The van der Waals surface area contributed by atoms with Gasteiger partial charge in [-0.05, 0) is 43.7 Å². The summed E-state index contributed by atoms with van der Waals surface area (Å²) in [5, 5.41) is 14.7. The van der Waals surface area contributed by atoms with Gasteiger partial charge in [-0.15, -0.1) is 0 Å². The number of thiazole rings is 1. The highest BCUT2D eigenvalue weighted by molar-refractivity contribution is 7.19. The van der Waals surface area contributed by atoms with Crippen LogP contribution in [-0.2, 0) is 4.79 Å². The van der Waals surface area contributed by atoms with Crippen LogP contribution in [0.1, 0.15) is 29.8 Å². The number of nitrogens with two attached hydrogens (primary N) is 2. The van der Waals surface area contributed by atoms with Crippen molar-refractivity contribution >= 4 is 34.2 Å². The molecular formula is C18H22FN5O4S. The highest BCUT2D eigenvalue weighted by Crippen LogP contribution is 2.32. The van der Waals surface area contributed by atoms with Crippen LogP contribution in [-0.4, -0.2) is 41.1 Å². The van der Waals surface area contributed by atoms with Crippen LogP contribution in [0.5, 0.6) is 0 Å².